The number of nitrogens with zero attached hydrogens (tertiary/aromatic N) is 1. The summed E-state index contributed by atoms with van der Waals surface area (Å²) in [7, 11) is 0. The van der Waals surface area contributed by atoms with E-state index < -0.39 is 17.7 Å². The van der Waals surface area contributed by atoms with Crippen LogP contribution in [0.4, 0.5) is 5.69 Å². The number of halogens is 1. The van der Waals surface area contributed by atoms with Gasteiger partial charge in [-0.3, -0.25) is 14.5 Å². The summed E-state index contributed by atoms with van der Waals surface area (Å²) in [5.41, 5.74) is 1.52. The summed E-state index contributed by atoms with van der Waals surface area (Å²) in [6, 6.07) is 14.2. The Morgan fingerprint density at radius 2 is 1.91 bits per heavy atom. The molecule has 1 atom stereocenters. The van der Waals surface area contributed by atoms with Crippen molar-refractivity contribution < 1.29 is 23.8 Å². The molecule has 7 heteroatoms. The van der Waals surface area contributed by atoms with Crippen molar-refractivity contribution in [2.45, 2.75) is 32.9 Å². The van der Waals surface area contributed by atoms with E-state index in [0.29, 0.717) is 27.8 Å². The fourth-order valence-corrected chi connectivity index (χ4v) is 3.95. The van der Waals surface area contributed by atoms with E-state index in [1.807, 2.05) is 20.8 Å². The molecule has 1 amide bonds. The molecule has 2 aromatic carbocycles. The number of aliphatic hydroxyl groups excluding tert-OH is 1. The van der Waals surface area contributed by atoms with Crippen LogP contribution in [0.1, 0.15) is 36.8 Å². The molecule has 1 aliphatic rings. The Hall–Kier alpha value is -3.51. The standard InChI is InChI=1S/C25H22ClNO5/c1-14(2)32-18-7-4-6-16(12-18)23(28)21-22(20-8-5-11-31-20)27(25(30)24(21)29)19-13-17(26)10-9-15(19)3/h4-14,22,28H,1-3H3/b23-21-. The van der Waals surface area contributed by atoms with Crippen molar-refractivity contribution in [3.63, 3.8) is 0 Å². The van der Waals surface area contributed by atoms with E-state index in [0.717, 1.165) is 5.56 Å². The van der Waals surface area contributed by atoms with Crippen LogP contribution in [0.2, 0.25) is 5.02 Å². The molecule has 0 aliphatic carbocycles. The minimum absolute atomic E-state index is 0.0631. The number of hydrogen-bond acceptors (Lipinski definition) is 5. The number of hydrogen-bond donors (Lipinski definition) is 1. The predicted molar refractivity (Wildman–Crippen MR) is 122 cm³/mol. The van der Waals surface area contributed by atoms with E-state index >= 15 is 0 Å². The molecule has 164 valence electrons. The molecule has 6 nitrogen and oxygen atoms in total. The summed E-state index contributed by atoms with van der Waals surface area (Å²) in [6.07, 6.45) is 1.39. The summed E-state index contributed by atoms with van der Waals surface area (Å²) in [6.45, 7) is 5.60. The van der Waals surface area contributed by atoms with E-state index in [9.17, 15) is 14.7 Å². The van der Waals surface area contributed by atoms with Gasteiger partial charge in [0.05, 0.1) is 17.9 Å². The molecule has 0 bridgehead atoms. The molecular formula is C25H22ClNO5. The van der Waals surface area contributed by atoms with Crippen LogP contribution in [-0.2, 0) is 9.59 Å². The molecule has 0 radical (unpaired) electrons. The van der Waals surface area contributed by atoms with Crippen molar-refractivity contribution in [3.8, 4) is 5.75 Å². The van der Waals surface area contributed by atoms with E-state index in [1.165, 1.54) is 11.2 Å². The van der Waals surface area contributed by atoms with E-state index in [2.05, 4.69) is 0 Å². The predicted octanol–water partition coefficient (Wildman–Crippen LogP) is 5.65. The highest BCUT2D eigenvalue weighted by Gasteiger charge is 2.48. The Morgan fingerprint density at radius 3 is 2.59 bits per heavy atom. The molecule has 1 unspecified atom stereocenters. The molecule has 32 heavy (non-hydrogen) atoms. The topological polar surface area (TPSA) is 80.0 Å². The van der Waals surface area contributed by atoms with E-state index in [4.69, 9.17) is 20.8 Å². The van der Waals surface area contributed by atoms with Crippen molar-refractivity contribution in [2.75, 3.05) is 4.90 Å². The second-order valence-corrected chi connectivity index (χ2v) is 8.25. The van der Waals surface area contributed by atoms with Gasteiger partial charge in [0.2, 0.25) is 0 Å². The van der Waals surface area contributed by atoms with Crippen LogP contribution in [0.15, 0.2) is 70.9 Å². The van der Waals surface area contributed by atoms with Gasteiger partial charge in [-0.05, 0) is 62.7 Å². The molecule has 1 saturated heterocycles. The third-order valence-corrected chi connectivity index (χ3v) is 5.40. The summed E-state index contributed by atoms with van der Waals surface area (Å²) >= 11 is 6.18. The van der Waals surface area contributed by atoms with Gasteiger partial charge in [0, 0.05) is 16.3 Å². The first-order valence-corrected chi connectivity index (χ1v) is 10.5. The SMILES string of the molecule is Cc1ccc(Cl)cc1N1C(=O)C(=O)/C(=C(\O)c2cccc(OC(C)C)c2)C1c1ccco1. The number of aliphatic hydroxyl groups is 1. The third-order valence-electron chi connectivity index (χ3n) is 5.17. The average Bonchev–Trinajstić information content (AvgIpc) is 3.36. The van der Waals surface area contributed by atoms with Crippen LogP contribution >= 0.6 is 11.6 Å². The maximum atomic E-state index is 13.2. The van der Waals surface area contributed by atoms with Crippen LogP contribution in [-0.4, -0.2) is 22.9 Å². The van der Waals surface area contributed by atoms with Crippen molar-refractivity contribution in [2.24, 2.45) is 0 Å². The Morgan fingerprint density at radius 1 is 1.12 bits per heavy atom. The van der Waals surface area contributed by atoms with Crippen LogP contribution in [0.25, 0.3) is 5.76 Å². The van der Waals surface area contributed by atoms with Crippen molar-refractivity contribution in [1.29, 1.82) is 0 Å². The smallest absolute Gasteiger partial charge is 0.300 e. The highest BCUT2D eigenvalue weighted by molar-refractivity contribution is 6.51. The lowest BCUT2D eigenvalue weighted by Gasteiger charge is -2.25. The molecule has 1 aliphatic heterocycles. The quantitative estimate of drug-likeness (QED) is 0.308. The van der Waals surface area contributed by atoms with Crippen molar-refractivity contribution in [3.05, 3.63) is 88.3 Å². The first kappa shape index (κ1) is 21.7. The minimum atomic E-state index is -0.947. The maximum absolute atomic E-state index is 13.2. The number of aryl methyl sites for hydroxylation is 1. The lowest BCUT2D eigenvalue weighted by atomic mass is 9.99. The van der Waals surface area contributed by atoms with Gasteiger partial charge in [-0.15, -0.1) is 0 Å². The first-order chi connectivity index (χ1) is 15.3. The lowest BCUT2D eigenvalue weighted by molar-refractivity contribution is -0.132. The number of furan rings is 1. The highest BCUT2D eigenvalue weighted by Crippen LogP contribution is 2.44. The zero-order chi connectivity index (χ0) is 23.0. The third kappa shape index (κ3) is 3.89. The highest BCUT2D eigenvalue weighted by atomic mass is 35.5. The van der Waals surface area contributed by atoms with Gasteiger partial charge >= 0.3 is 0 Å². The fourth-order valence-electron chi connectivity index (χ4n) is 3.78. The zero-order valence-corrected chi connectivity index (χ0v) is 18.6. The molecule has 2 heterocycles. The lowest BCUT2D eigenvalue weighted by Crippen LogP contribution is -2.30. The average molecular weight is 452 g/mol. The number of carbonyl (C=O) groups excluding carboxylic acids is 2. The number of ketones is 1. The van der Waals surface area contributed by atoms with Gasteiger partial charge in [0.25, 0.3) is 11.7 Å². The molecule has 0 saturated carbocycles. The van der Waals surface area contributed by atoms with Gasteiger partial charge in [-0.1, -0.05) is 29.8 Å². The minimum Gasteiger partial charge on any atom is -0.507 e. The molecule has 1 fully saturated rings. The largest absolute Gasteiger partial charge is 0.507 e. The number of rotatable bonds is 5. The van der Waals surface area contributed by atoms with Crippen LogP contribution in [0, 0.1) is 6.92 Å². The zero-order valence-electron chi connectivity index (χ0n) is 17.8. The first-order valence-electron chi connectivity index (χ1n) is 10.2. The Bertz CT molecular complexity index is 1210. The fraction of sp³-hybridized carbons (Fsp3) is 0.200. The maximum Gasteiger partial charge on any atom is 0.300 e. The van der Waals surface area contributed by atoms with Gasteiger partial charge < -0.3 is 14.3 Å². The Kier molecular flexibility index (Phi) is 5.80. The van der Waals surface area contributed by atoms with Crippen LogP contribution < -0.4 is 9.64 Å². The molecular weight excluding hydrogens is 430 g/mol. The molecule has 3 aromatic rings. The summed E-state index contributed by atoms with van der Waals surface area (Å²) in [5.74, 6) is -0.995. The van der Waals surface area contributed by atoms with Crippen LogP contribution in [0.3, 0.4) is 0 Å². The molecule has 4 rings (SSSR count). The van der Waals surface area contributed by atoms with Crippen molar-refractivity contribution in [1.82, 2.24) is 0 Å². The van der Waals surface area contributed by atoms with Gasteiger partial charge in [-0.2, -0.15) is 0 Å². The molecule has 0 spiro atoms. The van der Waals surface area contributed by atoms with Crippen molar-refractivity contribution >= 4 is 34.7 Å². The second-order valence-electron chi connectivity index (χ2n) is 7.81. The number of benzene rings is 2. The number of anilines is 1. The second kappa shape index (κ2) is 8.55. The summed E-state index contributed by atoms with van der Waals surface area (Å²) < 4.78 is 11.3. The number of amides is 1. The van der Waals surface area contributed by atoms with E-state index in [1.54, 1.807) is 54.6 Å². The van der Waals surface area contributed by atoms with E-state index in [-0.39, 0.29) is 17.4 Å². The summed E-state index contributed by atoms with van der Waals surface area (Å²) in [5, 5.41) is 11.6. The number of carbonyl (C=O) groups is 2. The Labute approximate surface area is 190 Å². The number of ether oxygens (including phenoxy) is 1. The molecule has 1 N–H and O–H groups in total. The number of Topliss-reactive ketones (excluding diaryl/α,β-unsaturated/α-hetero) is 1. The normalized spacial score (nSPS) is 17.9. The van der Waals surface area contributed by atoms with Crippen LogP contribution in [0.5, 0.6) is 5.75 Å². The van der Waals surface area contributed by atoms with Gasteiger partial charge in [0.1, 0.15) is 23.3 Å². The summed E-state index contributed by atoms with van der Waals surface area (Å²) in [4.78, 5) is 27.6. The van der Waals surface area contributed by atoms with Gasteiger partial charge in [0.15, 0.2) is 0 Å². The Balaban J connectivity index is 1.90. The monoisotopic (exact) mass is 451 g/mol. The molecule has 1 aromatic heterocycles. The van der Waals surface area contributed by atoms with Gasteiger partial charge in [-0.25, -0.2) is 0 Å².